The van der Waals surface area contributed by atoms with Gasteiger partial charge in [0.1, 0.15) is 0 Å². The average Bonchev–Trinajstić information content (AvgIpc) is 2.78. The first kappa shape index (κ1) is 43.0. The van der Waals surface area contributed by atoms with Crippen molar-refractivity contribution in [3.63, 3.8) is 0 Å². The van der Waals surface area contributed by atoms with Gasteiger partial charge in [-0.25, -0.2) is 0 Å². The molecule has 2 aromatic carbocycles. The number of benzene rings is 2. The molecular weight excluding hydrogens is 567 g/mol. The van der Waals surface area contributed by atoms with E-state index in [9.17, 15) is 0 Å². The standard InChI is InChI=1S/C22H30Cl2N10.4Na.4H/c23-15-5-9-17(10-6-15)31-21(27)33-19(25)29-13-3-1-2-4-14-30-20(26)34-22(28)32-18-11-7-16(24)8-12-18;;;;;;;;/h5-12H,1-4,13-14H2,(H5,25,27,29,31,33)(H5,26,28,30,32,34);;;;;;;;. The van der Waals surface area contributed by atoms with Crippen molar-refractivity contribution in [1.82, 2.24) is 21.3 Å². The van der Waals surface area contributed by atoms with E-state index in [-0.39, 0.29) is 142 Å². The van der Waals surface area contributed by atoms with Gasteiger partial charge in [-0.15, -0.1) is 0 Å². The van der Waals surface area contributed by atoms with Crippen LogP contribution in [0, 0.1) is 21.6 Å². The fourth-order valence-corrected chi connectivity index (χ4v) is 3.04. The van der Waals surface area contributed by atoms with Gasteiger partial charge in [-0.2, -0.15) is 0 Å². The number of rotatable bonds is 9. The van der Waals surface area contributed by atoms with Crippen molar-refractivity contribution in [1.29, 1.82) is 21.6 Å². The summed E-state index contributed by atoms with van der Waals surface area (Å²) in [5, 5.41) is 49.5. The minimum absolute atomic E-state index is 0. The summed E-state index contributed by atoms with van der Waals surface area (Å²) in [6, 6.07) is 13.9. The second kappa shape index (κ2) is 25.2. The van der Waals surface area contributed by atoms with E-state index < -0.39 is 0 Å². The molecule has 0 aliphatic rings. The zero-order valence-corrected chi connectivity index (χ0v) is 20.1. The maximum atomic E-state index is 7.86. The van der Waals surface area contributed by atoms with Crippen LogP contribution < -0.4 is 31.9 Å². The molecule has 0 radical (unpaired) electrons. The minimum atomic E-state index is -0.00148. The van der Waals surface area contributed by atoms with Gasteiger partial charge < -0.3 is 21.3 Å². The number of guanidine groups is 4. The van der Waals surface area contributed by atoms with E-state index in [1.54, 1.807) is 48.5 Å². The van der Waals surface area contributed by atoms with E-state index in [0.29, 0.717) is 34.5 Å². The van der Waals surface area contributed by atoms with Crippen molar-refractivity contribution < 1.29 is 0 Å². The third kappa shape index (κ3) is 20.4. The van der Waals surface area contributed by atoms with E-state index in [0.717, 1.165) is 25.7 Å². The Hall–Kier alpha value is 0.500. The fraction of sp³-hybridized carbons (Fsp3) is 0.273. The molecule has 2 aromatic rings. The first-order chi connectivity index (χ1) is 16.3. The maximum absolute atomic E-state index is 7.86. The Morgan fingerprint density at radius 3 is 1.13 bits per heavy atom. The van der Waals surface area contributed by atoms with Gasteiger partial charge in [0.15, 0.2) is 23.8 Å². The second-order valence-corrected chi connectivity index (χ2v) is 8.15. The predicted molar refractivity (Wildman–Crippen MR) is 170 cm³/mol. The summed E-state index contributed by atoms with van der Waals surface area (Å²) in [5.41, 5.74) is 1.42. The molecule has 0 amide bonds. The van der Waals surface area contributed by atoms with Crippen LogP contribution in [0.1, 0.15) is 25.7 Å². The van der Waals surface area contributed by atoms with E-state index >= 15 is 0 Å². The monoisotopic (exact) mass is 600 g/mol. The summed E-state index contributed by atoms with van der Waals surface area (Å²) in [4.78, 5) is 0. The van der Waals surface area contributed by atoms with Crippen LogP contribution in [-0.4, -0.2) is 155 Å². The van der Waals surface area contributed by atoms with Gasteiger partial charge >= 0.3 is 118 Å². The number of hydrogen-bond donors (Lipinski definition) is 10. The van der Waals surface area contributed by atoms with Gasteiger partial charge in [0.25, 0.3) is 0 Å². The molecule has 0 bridgehead atoms. The fourth-order valence-electron chi connectivity index (χ4n) is 2.79. The third-order valence-corrected chi connectivity index (χ3v) is 4.94. The Morgan fingerprint density at radius 2 is 0.816 bits per heavy atom. The van der Waals surface area contributed by atoms with E-state index in [1.807, 2.05) is 0 Å². The Labute approximate surface area is 322 Å². The molecule has 0 heterocycles. The zero-order valence-electron chi connectivity index (χ0n) is 18.6. The van der Waals surface area contributed by atoms with Crippen LogP contribution in [-0.2, 0) is 0 Å². The number of hydrogen-bond acceptors (Lipinski definition) is 4. The molecule has 0 spiro atoms. The average molecular weight is 601 g/mol. The first-order valence-corrected chi connectivity index (χ1v) is 11.5. The van der Waals surface area contributed by atoms with Gasteiger partial charge in [-0.3, -0.25) is 32.3 Å². The van der Waals surface area contributed by atoms with Crippen molar-refractivity contribution in [2.45, 2.75) is 25.7 Å². The van der Waals surface area contributed by atoms with Crippen molar-refractivity contribution >= 4 is 177 Å². The molecule has 0 saturated heterocycles. The molecule has 0 fully saturated rings. The van der Waals surface area contributed by atoms with Crippen LogP contribution in [0.5, 0.6) is 0 Å². The van der Waals surface area contributed by atoms with Crippen molar-refractivity contribution in [2.24, 2.45) is 0 Å². The summed E-state index contributed by atoms with van der Waals surface area (Å²) < 4.78 is 0. The molecule has 0 aliphatic carbocycles. The molecular formula is C22H34Cl2N10Na4. The summed E-state index contributed by atoms with van der Waals surface area (Å²) in [6.07, 6.45) is 3.70. The van der Waals surface area contributed by atoms with Crippen LogP contribution in [0.4, 0.5) is 11.4 Å². The molecule has 0 aliphatic heterocycles. The number of nitrogens with one attached hydrogen (secondary N) is 10. The van der Waals surface area contributed by atoms with Crippen molar-refractivity contribution in [3.05, 3.63) is 58.6 Å². The zero-order chi connectivity index (χ0) is 24.8. The first-order valence-electron chi connectivity index (χ1n) is 10.7. The van der Waals surface area contributed by atoms with Crippen LogP contribution in [0.2, 0.25) is 10.0 Å². The summed E-state index contributed by atoms with van der Waals surface area (Å²) >= 11 is 11.7. The third-order valence-electron chi connectivity index (χ3n) is 4.43. The number of anilines is 2. The van der Waals surface area contributed by atoms with Gasteiger partial charge in [-0.05, 0) is 61.4 Å². The topological polar surface area (TPSA) is 168 Å². The Morgan fingerprint density at radius 1 is 0.500 bits per heavy atom. The Bertz CT molecular complexity index is 900. The molecule has 0 aromatic heterocycles. The van der Waals surface area contributed by atoms with Crippen LogP contribution >= 0.6 is 23.2 Å². The summed E-state index contributed by atoms with van der Waals surface area (Å²) in [7, 11) is 0. The van der Waals surface area contributed by atoms with Gasteiger partial charge in [0.2, 0.25) is 0 Å². The SMILES string of the molecule is N=C(NCCCCCCNC(=N)NC(=N)Nc1ccc(Cl)cc1)NC(=N)Nc1ccc(Cl)cc1.[NaH].[NaH].[NaH].[NaH]. The quantitative estimate of drug-likeness (QED) is 0.0907. The predicted octanol–water partition coefficient (Wildman–Crippen LogP) is 1.58. The van der Waals surface area contributed by atoms with Crippen LogP contribution in [0.3, 0.4) is 0 Å². The molecule has 10 N–H and O–H groups in total. The van der Waals surface area contributed by atoms with Gasteiger partial charge in [0.05, 0.1) is 0 Å². The summed E-state index contributed by atoms with van der Waals surface area (Å²) in [6.45, 7) is 1.25. The van der Waals surface area contributed by atoms with Crippen molar-refractivity contribution in [2.75, 3.05) is 23.7 Å². The molecule has 10 nitrogen and oxygen atoms in total. The molecule has 0 saturated carbocycles. The molecule has 190 valence electrons. The van der Waals surface area contributed by atoms with E-state index in [1.165, 1.54) is 0 Å². The van der Waals surface area contributed by atoms with E-state index in [2.05, 4.69) is 31.9 Å². The van der Waals surface area contributed by atoms with Crippen LogP contribution in [0.15, 0.2) is 48.5 Å². The molecule has 0 atom stereocenters. The number of unbranched alkanes of at least 4 members (excludes halogenated alkanes) is 3. The van der Waals surface area contributed by atoms with Gasteiger partial charge in [0, 0.05) is 34.5 Å². The molecule has 38 heavy (non-hydrogen) atoms. The molecule has 16 heteroatoms. The molecule has 0 unspecified atom stereocenters. The number of halogens is 2. The molecule has 2 rings (SSSR count). The Kier molecular flexibility index (Phi) is 28.5. The Balaban J connectivity index is -0.00000306. The van der Waals surface area contributed by atoms with E-state index in [4.69, 9.17) is 44.8 Å². The normalized spacial score (nSPS) is 9.00. The second-order valence-electron chi connectivity index (χ2n) is 7.28. The summed E-state index contributed by atoms with van der Waals surface area (Å²) in [5.74, 6) is 0.112. The van der Waals surface area contributed by atoms with Gasteiger partial charge in [-0.1, -0.05) is 36.0 Å². The van der Waals surface area contributed by atoms with Crippen molar-refractivity contribution in [3.8, 4) is 0 Å². The van der Waals surface area contributed by atoms with Crippen LogP contribution in [0.25, 0.3) is 0 Å².